The van der Waals surface area contributed by atoms with Gasteiger partial charge in [-0.3, -0.25) is 4.79 Å². The maximum Gasteiger partial charge on any atom is 0.311 e. The van der Waals surface area contributed by atoms with Gasteiger partial charge in [-0.05, 0) is 41.8 Å². The van der Waals surface area contributed by atoms with Gasteiger partial charge in [0.1, 0.15) is 17.2 Å². The molecule has 23 heavy (non-hydrogen) atoms. The molecule has 0 aliphatic carbocycles. The first-order valence-electron chi connectivity index (χ1n) is 7.58. The zero-order valence-electron chi connectivity index (χ0n) is 13.0. The Morgan fingerprint density at radius 3 is 2.39 bits per heavy atom. The Morgan fingerprint density at radius 2 is 1.70 bits per heavy atom. The summed E-state index contributed by atoms with van der Waals surface area (Å²) in [5.74, 6) is 0.277. The fourth-order valence-electron chi connectivity index (χ4n) is 2.04. The minimum atomic E-state index is -0.300. The molecule has 0 saturated carbocycles. The Labute approximate surface area is 135 Å². The van der Waals surface area contributed by atoms with E-state index in [9.17, 15) is 15.0 Å². The molecule has 0 amide bonds. The minimum Gasteiger partial charge on any atom is -0.508 e. The molecular formula is C19H20O4. The van der Waals surface area contributed by atoms with E-state index in [1.54, 1.807) is 42.5 Å². The number of hydrogen-bond donors (Lipinski definition) is 2. The molecule has 0 aliphatic rings. The number of benzene rings is 2. The van der Waals surface area contributed by atoms with Gasteiger partial charge >= 0.3 is 5.97 Å². The first-order valence-corrected chi connectivity index (χ1v) is 7.58. The largest absolute Gasteiger partial charge is 0.508 e. The Kier molecular flexibility index (Phi) is 5.80. The molecule has 0 aromatic heterocycles. The molecule has 0 atom stereocenters. The number of esters is 1. The third kappa shape index (κ3) is 5.51. The van der Waals surface area contributed by atoms with E-state index in [1.807, 2.05) is 13.0 Å². The molecule has 0 saturated heterocycles. The molecule has 0 spiro atoms. The number of ether oxygens (including phenoxy) is 1. The third-order valence-electron chi connectivity index (χ3n) is 3.24. The number of unbranched alkanes of at least 4 members (excludes halogenated alkanes) is 1. The molecule has 0 radical (unpaired) electrons. The van der Waals surface area contributed by atoms with Gasteiger partial charge in [0, 0.05) is 12.5 Å². The van der Waals surface area contributed by atoms with E-state index in [1.165, 1.54) is 6.07 Å². The molecule has 0 bridgehead atoms. The molecule has 2 aromatic carbocycles. The van der Waals surface area contributed by atoms with Crippen molar-refractivity contribution >= 4 is 18.1 Å². The van der Waals surface area contributed by atoms with Crippen molar-refractivity contribution < 1.29 is 19.7 Å². The van der Waals surface area contributed by atoms with Crippen LogP contribution in [0.5, 0.6) is 17.2 Å². The van der Waals surface area contributed by atoms with Crippen LogP contribution in [0.1, 0.15) is 37.3 Å². The number of hydrogen-bond acceptors (Lipinski definition) is 4. The Balaban J connectivity index is 2.10. The molecule has 0 heterocycles. The molecule has 4 nitrogen and oxygen atoms in total. The van der Waals surface area contributed by atoms with Crippen LogP contribution in [0.3, 0.4) is 0 Å². The van der Waals surface area contributed by atoms with Crippen molar-refractivity contribution in [1.82, 2.24) is 0 Å². The molecule has 0 aliphatic heterocycles. The summed E-state index contributed by atoms with van der Waals surface area (Å²) in [6.07, 6.45) is 5.72. The highest BCUT2D eigenvalue weighted by Crippen LogP contribution is 2.24. The van der Waals surface area contributed by atoms with Gasteiger partial charge in [0.25, 0.3) is 0 Å². The smallest absolute Gasteiger partial charge is 0.311 e. The van der Waals surface area contributed by atoms with Crippen LogP contribution >= 0.6 is 0 Å². The molecular weight excluding hydrogens is 292 g/mol. The number of phenols is 2. The Morgan fingerprint density at radius 1 is 1.00 bits per heavy atom. The van der Waals surface area contributed by atoms with Gasteiger partial charge in [0.15, 0.2) is 0 Å². The standard InChI is InChI=1S/C19H20O4/c1-2-3-4-19(22)23-18-12-15(11-17(21)13-18)6-5-14-7-9-16(20)10-8-14/h5-13,20-21H,2-4H2,1H3/b6-5+. The van der Waals surface area contributed by atoms with Crippen LogP contribution in [0.25, 0.3) is 12.2 Å². The zero-order chi connectivity index (χ0) is 16.7. The first-order chi connectivity index (χ1) is 11.1. The second kappa shape index (κ2) is 8.03. The molecule has 2 aromatic rings. The lowest BCUT2D eigenvalue weighted by Gasteiger charge is -2.06. The van der Waals surface area contributed by atoms with Gasteiger partial charge in [-0.1, -0.05) is 37.6 Å². The molecule has 4 heteroatoms. The SMILES string of the molecule is CCCCC(=O)Oc1cc(O)cc(/C=C/c2ccc(O)cc2)c1. The van der Waals surface area contributed by atoms with Gasteiger partial charge in [0.2, 0.25) is 0 Å². The van der Waals surface area contributed by atoms with E-state index < -0.39 is 0 Å². The topological polar surface area (TPSA) is 66.8 Å². The van der Waals surface area contributed by atoms with Crippen LogP contribution in [0.2, 0.25) is 0 Å². The lowest BCUT2D eigenvalue weighted by atomic mass is 10.1. The molecule has 2 N–H and O–H groups in total. The van der Waals surface area contributed by atoms with Crippen molar-refractivity contribution in [1.29, 1.82) is 0 Å². The fourth-order valence-corrected chi connectivity index (χ4v) is 2.04. The van der Waals surface area contributed by atoms with Gasteiger partial charge in [-0.15, -0.1) is 0 Å². The maximum absolute atomic E-state index is 11.7. The fraction of sp³-hybridized carbons (Fsp3) is 0.211. The molecule has 120 valence electrons. The summed E-state index contributed by atoms with van der Waals surface area (Å²) in [6.45, 7) is 2.01. The first kappa shape index (κ1) is 16.6. The number of carbonyl (C=O) groups is 1. The van der Waals surface area contributed by atoms with Crippen LogP contribution in [0, 0.1) is 0 Å². The average Bonchev–Trinajstić information content (AvgIpc) is 2.52. The summed E-state index contributed by atoms with van der Waals surface area (Å²) in [7, 11) is 0. The van der Waals surface area contributed by atoms with Crippen molar-refractivity contribution in [3.8, 4) is 17.2 Å². The predicted molar refractivity (Wildman–Crippen MR) is 90.3 cm³/mol. The van der Waals surface area contributed by atoms with Crippen molar-refractivity contribution in [2.45, 2.75) is 26.2 Å². The van der Waals surface area contributed by atoms with E-state index in [4.69, 9.17) is 4.74 Å². The summed E-state index contributed by atoms with van der Waals surface area (Å²) in [5.41, 5.74) is 1.63. The van der Waals surface area contributed by atoms with Gasteiger partial charge in [0.05, 0.1) is 0 Å². The Bertz CT molecular complexity index is 687. The maximum atomic E-state index is 11.7. The van der Waals surface area contributed by atoms with Crippen LogP contribution < -0.4 is 4.74 Å². The summed E-state index contributed by atoms with van der Waals surface area (Å²) in [4.78, 5) is 11.7. The number of rotatable bonds is 6. The predicted octanol–water partition coefficient (Wildman–Crippen LogP) is 4.36. The lowest BCUT2D eigenvalue weighted by molar-refractivity contribution is -0.134. The number of aromatic hydroxyl groups is 2. The van der Waals surface area contributed by atoms with Gasteiger partial charge in [-0.25, -0.2) is 0 Å². The van der Waals surface area contributed by atoms with Crippen LogP contribution in [0.4, 0.5) is 0 Å². The average molecular weight is 312 g/mol. The van der Waals surface area contributed by atoms with E-state index in [-0.39, 0.29) is 17.5 Å². The van der Waals surface area contributed by atoms with Crippen LogP contribution in [-0.4, -0.2) is 16.2 Å². The summed E-state index contributed by atoms with van der Waals surface area (Å²) >= 11 is 0. The number of carbonyl (C=O) groups excluding carboxylic acids is 1. The second-order valence-corrected chi connectivity index (χ2v) is 5.26. The highest BCUT2D eigenvalue weighted by atomic mass is 16.5. The zero-order valence-corrected chi connectivity index (χ0v) is 13.0. The van der Waals surface area contributed by atoms with Crippen molar-refractivity contribution in [2.24, 2.45) is 0 Å². The molecule has 2 rings (SSSR count). The van der Waals surface area contributed by atoms with E-state index >= 15 is 0 Å². The summed E-state index contributed by atoms with van der Waals surface area (Å²) < 4.78 is 5.24. The van der Waals surface area contributed by atoms with Crippen LogP contribution in [-0.2, 0) is 4.79 Å². The Hall–Kier alpha value is -2.75. The quantitative estimate of drug-likeness (QED) is 0.472. The normalized spacial score (nSPS) is 10.8. The number of phenolic OH excluding ortho intramolecular Hbond substituents is 2. The van der Waals surface area contributed by atoms with Crippen molar-refractivity contribution in [3.05, 3.63) is 53.6 Å². The van der Waals surface area contributed by atoms with E-state index in [2.05, 4.69) is 0 Å². The summed E-state index contributed by atoms with van der Waals surface area (Å²) in [6, 6.07) is 11.5. The highest BCUT2D eigenvalue weighted by molar-refractivity contribution is 5.74. The second-order valence-electron chi connectivity index (χ2n) is 5.26. The molecule has 0 unspecified atom stereocenters. The van der Waals surface area contributed by atoms with Crippen molar-refractivity contribution in [3.63, 3.8) is 0 Å². The minimum absolute atomic E-state index is 0.0381. The van der Waals surface area contributed by atoms with Crippen molar-refractivity contribution in [2.75, 3.05) is 0 Å². The van der Waals surface area contributed by atoms with Crippen LogP contribution in [0.15, 0.2) is 42.5 Å². The van der Waals surface area contributed by atoms with E-state index in [0.717, 1.165) is 24.0 Å². The monoisotopic (exact) mass is 312 g/mol. The highest BCUT2D eigenvalue weighted by Gasteiger charge is 2.06. The lowest BCUT2D eigenvalue weighted by Crippen LogP contribution is -2.07. The van der Waals surface area contributed by atoms with Gasteiger partial charge < -0.3 is 14.9 Å². The van der Waals surface area contributed by atoms with E-state index in [0.29, 0.717) is 12.2 Å². The molecule has 0 fully saturated rings. The third-order valence-corrected chi connectivity index (χ3v) is 3.24. The summed E-state index contributed by atoms with van der Waals surface area (Å²) in [5, 5.41) is 19.0. The van der Waals surface area contributed by atoms with Gasteiger partial charge in [-0.2, -0.15) is 0 Å².